The first-order valence-electron chi connectivity index (χ1n) is 4.81. The normalized spacial score (nSPS) is 21.2. The Hall–Kier alpha value is -1.90. The number of tetrazole rings is 1. The van der Waals surface area contributed by atoms with Crippen molar-refractivity contribution in [1.82, 2.24) is 25.5 Å². The second kappa shape index (κ2) is 4.31. The number of hydrogen-bond donors (Lipinski definition) is 3. The molecule has 0 spiro atoms. The molecule has 0 aliphatic carbocycles. The van der Waals surface area contributed by atoms with Gasteiger partial charge in [0, 0.05) is 19.6 Å². The highest BCUT2D eigenvalue weighted by atomic mass is 16.4. The van der Waals surface area contributed by atoms with Crippen LogP contribution in [-0.2, 0) is 0 Å². The van der Waals surface area contributed by atoms with Gasteiger partial charge >= 0.3 is 6.09 Å². The molecule has 16 heavy (non-hydrogen) atoms. The van der Waals surface area contributed by atoms with Gasteiger partial charge in [0.1, 0.15) is 0 Å². The van der Waals surface area contributed by atoms with Crippen molar-refractivity contribution < 1.29 is 15.0 Å². The second-order valence-corrected chi connectivity index (χ2v) is 3.47. The van der Waals surface area contributed by atoms with Crippen LogP contribution in [0.15, 0.2) is 0 Å². The standard InChI is InChI=1S/C7H12N6O3/c14-4-5-3-12(7(15)16)1-2-13(5)6-8-10-11-9-6/h5,14H,1-4H2,(H,15,16)(H,8,9,10,11)/t5-/m0/s1. The number of piperazine rings is 1. The van der Waals surface area contributed by atoms with Crippen molar-refractivity contribution in [2.45, 2.75) is 6.04 Å². The topological polar surface area (TPSA) is 118 Å². The first-order valence-corrected chi connectivity index (χ1v) is 4.81. The molecule has 0 aromatic carbocycles. The van der Waals surface area contributed by atoms with E-state index >= 15 is 0 Å². The molecular weight excluding hydrogens is 216 g/mol. The van der Waals surface area contributed by atoms with Crippen molar-refractivity contribution in [2.75, 3.05) is 31.1 Å². The summed E-state index contributed by atoms with van der Waals surface area (Å²) in [7, 11) is 0. The van der Waals surface area contributed by atoms with Crippen molar-refractivity contribution in [3.05, 3.63) is 0 Å². The Labute approximate surface area is 90.7 Å². The van der Waals surface area contributed by atoms with Crippen molar-refractivity contribution in [3.8, 4) is 0 Å². The maximum absolute atomic E-state index is 10.8. The van der Waals surface area contributed by atoms with E-state index in [1.165, 1.54) is 4.90 Å². The summed E-state index contributed by atoms with van der Waals surface area (Å²) in [5.74, 6) is 0.379. The van der Waals surface area contributed by atoms with Crippen LogP contribution in [0.4, 0.5) is 10.7 Å². The number of nitrogens with one attached hydrogen (secondary N) is 1. The Morgan fingerprint density at radius 1 is 1.56 bits per heavy atom. The zero-order valence-corrected chi connectivity index (χ0v) is 8.44. The lowest BCUT2D eigenvalue weighted by Gasteiger charge is -2.38. The number of amides is 1. The number of anilines is 1. The number of H-pyrrole nitrogens is 1. The van der Waals surface area contributed by atoms with Crippen LogP contribution in [0.5, 0.6) is 0 Å². The molecule has 3 N–H and O–H groups in total. The molecule has 88 valence electrons. The highest BCUT2D eigenvalue weighted by Gasteiger charge is 2.30. The van der Waals surface area contributed by atoms with Crippen LogP contribution in [0.3, 0.4) is 0 Å². The molecule has 1 aliphatic heterocycles. The fourth-order valence-corrected chi connectivity index (χ4v) is 1.73. The van der Waals surface area contributed by atoms with Gasteiger partial charge in [0.05, 0.1) is 12.6 Å². The predicted octanol–water partition coefficient (Wildman–Crippen LogP) is -1.64. The van der Waals surface area contributed by atoms with E-state index in [4.69, 9.17) is 5.11 Å². The summed E-state index contributed by atoms with van der Waals surface area (Å²) in [5.41, 5.74) is 0. The highest BCUT2D eigenvalue weighted by Crippen LogP contribution is 2.14. The Balaban J connectivity index is 2.09. The lowest BCUT2D eigenvalue weighted by molar-refractivity contribution is 0.124. The second-order valence-electron chi connectivity index (χ2n) is 3.47. The van der Waals surface area contributed by atoms with Gasteiger partial charge in [-0.3, -0.25) is 0 Å². The number of carboxylic acid groups (broad SMARTS) is 1. The molecule has 1 amide bonds. The first-order chi connectivity index (χ1) is 7.72. The van der Waals surface area contributed by atoms with Crippen molar-refractivity contribution in [2.24, 2.45) is 0 Å². The molecule has 2 rings (SSSR count). The molecule has 0 bridgehead atoms. The van der Waals surface area contributed by atoms with Gasteiger partial charge in [0.25, 0.3) is 5.95 Å². The number of hydrogen-bond acceptors (Lipinski definition) is 6. The van der Waals surface area contributed by atoms with Gasteiger partial charge in [-0.2, -0.15) is 5.21 Å². The summed E-state index contributed by atoms with van der Waals surface area (Å²) >= 11 is 0. The zero-order valence-electron chi connectivity index (χ0n) is 8.44. The van der Waals surface area contributed by atoms with Gasteiger partial charge in [0.2, 0.25) is 0 Å². The predicted molar refractivity (Wildman–Crippen MR) is 52.0 cm³/mol. The van der Waals surface area contributed by atoms with E-state index in [0.29, 0.717) is 19.0 Å². The number of nitrogens with zero attached hydrogens (tertiary/aromatic N) is 5. The van der Waals surface area contributed by atoms with E-state index in [1.807, 2.05) is 0 Å². The number of aliphatic hydroxyl groups excluding tert-OH is 1. The van der Waals surface area contributed by atoms with Gasteiger partial charge in [-0.1, -0.05) is 5.10 Å². The van der Waals surface area contributed by atoms with Gasteiger partial charge in [-0.25, -0.2) is 4.79 Å². The maximum atomic E-state index is 10.8. The Morgan fingerprint density at radius 3 is 2.94 bits per heavy atom. The summed E-state index contributed by atoms with van der Waals surface area (Å²) < 4.78 is 0. The summed E-state index contributed by atoms with van der Waals surface area (Å²) in [6, 6.07) is -0.331. The number of carbonyl (C=O) groups is 1. The van der Waals surface area contributed by atoms with Gasteiger partial charge in [0.15, 0.2) is 0 Å². The SMILES string of the molecule is O=C(O)N1CCN(c2nn[nH]n2)[C@H](CO)C1. The Kier molecular flexibility index (Phi) is 2.86. The molecule has 9 heteroatoms. The molecule has 1 aliphatic rings. The molecule has 1 saturated heterocycles. The largest absolute Gasteiger partial charge is 0.465 e. The number of aromatic nitrogens is 4. The van der Waals surface area contributed by atoms with E-state index in [0.717, 1.165) is 0 Å². The van der Waals surface area contributed by atoms with E-state index < -0.39 is 6.09 Å². The van der Waals surface area contributed by atoms with Crippen LogP contribution in [-0.4, -0.2) is 74.1 Å². The van der Waals surface area contributed by atoms with E-state index in [9.17, 15) is 9.90 Å². The fourth-order valence-electron chi connectivity index (χ4n) is 1.73. The molecule has 1 aromatic heterocycles. The lowest BCUT2D eigenvalue weighted by Crippen LogP contribution is -2.56. The van der Waals surface area contributed by atoms with E-state index in [-0.39, 0.29) is 19.2 Å². The van der Waals surface area contributed by atoms with Gasteiger partial charge < -0.3 is 20.0 Å². The maximum Gasteiger partial charge on any atom is 0.407 e. The summed E-state index contributed by atoms with van der Waals surface area (Å²) in [4.78, 5) is 13.8. The fraction of sp³-hybridized carbons (Fsp3) is 0.714. The zero-order chi connectivity index (χ0) is 11.5. The van der Waals surface area contributed by atoms with E-state index in [2.05, 4.69) is 20.6 Å². The third-order valence-corrected chi connectivity index (χ3v) is 2.56. The van der Waals surface area contributed by atoms with Crippen molar-refractivity contribution >= 4 is 12.0 Å². The molecule has 0 unspecified atom stereocenters. The third-order valence-electron chi connectivity index (χ3n) is 2.56. The molecule has 0 radical (unpaired) electrons. The van der Waals surface area contributed by atoms with Crippen molar-refractivity contribution in [3.63, 3.8) is 0 Å². The molecular formula is C7H12N6O3. The summed E-state index contributed by atoms with van der Waals surface area (Å²) in [5, 5.41) is 31.4. The van der Waals surface area contributed by atoms with Crippen LogP contribution in [0.25, 0.3) is 0 Å². The van der Waals surface area contributed by atoms with Crippen molar-refractivity contribution in [1.29, 1.82) is 0 Å². The Bertz CT molecular complexity index is 355. The first kappa shape index (κ1) is 10.6. The summed E-state index contributed by atoms with van der Waals surface area (Å²) in [6.45, 7) is 0.885. The van der Waals surface area contributed by atoms with Gasteiger partial charge in [-0.05, 0) is 5.21 Å². The van der Waals surface area contributed by atoms with Gasteiger partial charge in [-0.15, -0.1) is 5.10 Å². The number of aliphatic hydroxyl groups is 1. The number of rotatable bonds is 2. The quantitative estimate of drug-likeness (QED) is 0.555. The molecule has 0 saturated carbocycles. The summed E-state index contributed by atoms with van der Waals surface area (Å²) in [6.07, 6.45) is -0.980. The Morgan fingerprint density at radius 2 is 2.38 bits per heavy atom. The minimum Gasteiger partial charge on any atom is -0.465 e. The monoisotopic (exact) mass is 228 g/mol. The smallest absolute Gasteiger partial charge is 0.407 e. The average Bonchev–Trinajstić information content (AvgIpc) is 2.81. The van der Waals surface area contributed by atoms with Crippen LogP contribution >= 0.6 is 0 Å². The van der Waals surface area contributed by atoms with Crippen LogP contribution in [0.2, 0.25) is 0 Å². The van der Waals surface area contributed by atoms with Crippen LogP contribution < -0.4 is 4.90 Å². The minimum atomic E-state index is -0.980. The molecule has 2 heterocycles. The van der Waals surface area contributed by atoms with E-state index in [1.54, 1.807) is 4.90 Å². The molecule has 1 fully saturated rings. The third kappa shape index (κ3) is 1.89. The average molecular weight is 228 g/mol. The highest BCUT2D eigenvalue weighted by molar-refractivity contribution is 5.65. The lowest BCUT2D eigenvalue weighted by atomic mass is 10.2. The molecule has 9 nitrogen and oxygen atoms in total. The minimum absolute atomic E-state index is 0.154. The van der Waals surface area contributed by atoms with Crippen LogP contribution in [0.1, 0.15) is 0 Å². The van der Waals surface area contributed by atoms with Crippen LogP contribution in [0, 0.1) is 0 Å². The molecule has 1 aromatic rings. The number of aromatic amines is 1. The molecule has 1 atom stereocenters.